The molecule has 126 valence electrons. The van der Waals surface area contributed by atoms with Gasteiger partial charge in [-0.25, -0.2) is 22.9 Å². The van der Waals surface area contributed by atoms with E-state index < -0.39 is 16.1 Å². The molecule has 2 rings (SSSR count). The zero-order valence-corrected chi connectivity index (χ0v) is 14.3. The summed E-state index contributed by atoms with van der Waals surface area (Å²) in [5.41, 5.74) is 1.00. The van der Waals surface area contributed by atoms with Crippen molar-refractivity contribution in [1.29, 1.82) is 0 Å². The molecule has 8 nitrogen and oxygen atoms in total. The van der Waals surface area contributed by atoms with Crippen molar-refractivity contribution in [2.45, 2.75) is 25.7 Å². The molecule has 0 aliphatic heterocycles. The molecule has 1 aromatic heterocycles. The van der Waals surface area contributed by atoms with Gasteiger partial charge in [0, 0.05) is 0 Å². The maximum Gasteiger partial charge on any atom is 0.335 e. The van der Waals surface area contributed by atoms with E-state index in [0.29, 0.717) is 22.8 Å². The molecule has 0 spiro atoms. The molecule has 0 unspecified atom stereocenters. The molecule has 1 aromatic carbocycles. The Labute approximate surface area is 140 Å². The van der Waals surface area contributed by atoms with Crippen molar-refractivity contribution >= 4 is 27.6 Å². The Morgan fingerprint density at radius 3 is 2.25 bits per heavy atom. The van der Waals surface area contributed by atoms with Crippen molar-refractivity contribution in [3.63, 3.8) is 0 Å². The number of amides is 2. The quantitative estimate of drug-likeness (QED) is 0.875. The Kier molecular flexibility index (Phi) is 4.93. The number of nitrogens with one attached hydrogen (secondary N) is 2. The predicted octanol–water partition coefficient (Wildman–Crippen LogP) is 2.03. The minimum absolute atomic E-state index is 0.0270. The van der Waals surface area contributed by atoms with E-state index in [4.69, 9.17) is 0 Å². The summed E-state index contributed by atoms with van der Waals surface area (Å²) in [7, 11) is -4.07. The molecule has 0 radical (unpaired) electrons. The smallest absolute Gasteiger partial charge is 0.275 e. The number of sulfonamides is 1. The summed E-state index contributed by atoms with van der Waals surface area (Å²) in [5.74, 6) is 0.794. The standard InChI is InChI=1S/C15H17N5O3S/c1-9(2)12-7-5-6-8-13(12)24(22,23)20-15(21)19-14-17-10(3)16-11(4)18-14/h5-8H,1H2,2-4H3,(H2,16,17,18,19,20,21). The third kappa shape index (κ3) is 4.13. The van der Waals surface area contributed by atoms with Gasteiger partial charge in [-0.3, -0.25) is 5.32 Å². The van der Waals surface area contributed by atoms with Crippen LogP contribution in [0.25, 0.3) is 5.57 Å². The van der Waals surface area contributed by atoms with Crippen LogP contribution in [-0.2, 0) is 10.0 Å². The van der Waals surface area contributed by atoms with Crippen LogP contribution in [0.1, 0.15) is 24.1 Å². The second-order valence-corrected chi connectivity index (χ2v) is 6.74. The number of rotatable bonds is 4. The predicted molar refractivity (Wildman–Crippen MR) is 89.8 cm³/mol. The molecule has 0 bridgehead atoms. The van der Waals surface area contributed by atoms with Crippen LogP contribution in [0, 0.1) is 13.8 Å². The van der Waals surface area contributed by atoms with Crippen LogP contribution in [-0.4, -0.2) is 29.4 Å². The van der Waals surface area contributed by atoms with Crippen LogP contribution in [0.5, 0.6) is 0 Å². The van der Waals surface area contributed by atoms with Gasteiger partial charge < -0.3 is 0 Å². The summed E-state index contributed by atoms with van der Waals surface area (Å²) in [6, 6.07) is 5.32. The van der Waals surface area contributed by atoms with E-state index >= 15 is 0 Å². The average molecular weight is 347 g/mol. The largest absolute Gasteiger partial charge is 0.335 e. The average Bonchev–Trinajstić information content (AvgIpc) is 2.45. The maximum absolute atomic E-state index is 12.4. The van der Waals surface area contributed by atoms with Crippen LogP contribution >= 0.6 is 0 Å². The molecule has 0 aliphatic carbocycles. The van der Waals surface area contributed by atoms with E-state index in [1.54, 1.807) is 39.0 Å². The van der Waals surface area contributed by atoms with E-state index in [9.17, 15) is 13.2 Å². The Morgan fingerprint density at radius 1 is 1.08 bits per heavy atom. The lowest BCUT2D eigenvalue weighted by Gasteiger charge is -2.11. The van der Waals surface area contributed by atoms with Gasteiger partial charge in [0.2, 0.25) is 5.95 Å². The topological polar surface area (TPSA) is 114 Å². The van der Waals surface area contributed by atoms with E-state index in [1.807, 2.05) is 4.72 Å². The summed E-state index contributed by atoms with van der Waals surface area (Å²) in [6.07, 6.45) is 0. The van der Waals surface area contributed by atoms with Crippen molar-refractivity contribution in [3.05, 3.63) is 48.1 Å². The number of benzene rings is 1. The van der Waals surface area contributed by atoms with Crippen LogP contribution in [0.3, 0.4) is 0 Å². The normalized spacial score (nSPS) is 11.0. The number of nitrogens with zero attached hydrogens (tertiary/aromatic N) is 3. The molecule has 2 N–H and O–H groups in total. The number of allylic oxidation sites excluding steroid dienone is 1. The fraction of sp³-hybridized carbons (Fsp3) is 0.200. The van der Waals surface area contributed by atoms with Crippen LogP contribution < -0.4 is 10.0 Å². The Morgan fingerprint density at radius 2 is 1.67 bits per heavy atom. The molecule has 1 heterocycles. The molecular formula is C15H17N5O3S. The first-order chi connectivity index (χ1) is 11.2. The zero-order valence-electron chi connectivity index (χ0n) is 13.5. The molecule has 9 heteroatoms. The highest BCUT2D eigenvalue weighted by atomic mass is 32.2. The third-order valence-corrected chi connectivity index (χ3v) is 4.34. The highest BCUT2D eigenvalue weighted by Gasteiger charge is 2.21. The van der Waals surface area contributed by atoms with Crippen LogP contribution in [0.4, 0.5) is 10.7 Å². The van der Waals surface area contributed by atoms with Gasteiger partial charge in [-0.05, 0) is 38.0 Å². The van der Waals surface area contributed by atoms with Crippen LogP contribution in [0.15, 0.2) is 35.7 Å². The number of hydrogen-bond acceptors (Lipinski definition) is 6. The molecule has 0 atom stereocenters. The fourth-order valence-corrected chi connectivity index (χ4v) is 3.22. The molecule has 0 fully saturated rings. The lowest BCUT2D eigenvalue weighted by atomic mass is 10.1. The monoisotopic (exact) mass is 347 g/mol. The summed E-state index contributed by atoms with van der Waals surface area (Å²) in [4.78, 5) is 23.8. The lowest BCUT2D eigenvalue weighted by Crippen LogP contribution is -2.35. The van der Waals surface area contributed by atoms with Gasteiger partial charge in [0.25, 0.3) is 10.0 Å². The summed E-state index contributed by atoms with van der Waals surface area (Å²) >= 11 is 0. The van der Waals surface area contributed by atoms with Crippen molar-refractivity contribution < 1.29 is 13.2 Å². The molecular weight excluding hydrogens is 330 g/mol. The number of aromatic nitrogens is 3. The first-order valence-corrected chi connectivity index (χ1v) is 8.45. The van der Waals surface area contributed by atoms with Crippen LogP contribution in [0.2, 0.25) is 0 Å². The van der Waals surface area contributed by atoms with Crippen molar-refractivity contribution in [3.8, 4) is 0 Å². The van der Waals surface area contributed by atoms with E-state index in [1.165, 1.54) is 6.07 Å². The summed E-state index contributed by atoms with van der Waals surface area (Å²) in [5, 5.41) is 2.28. The fourth-order valence-electron chi connectivity index (χ4n) is 2.03. The first kappa shape index (κ1) is 17.5. The minimum atomic E-state index is -4.07. The van der Waals surface area contributed by atoms with Gasteiger partial charge in [-0.2, -0.15) is 9.97 Å². The second kappa shape index (κ2) is 6.75. The molecule has 2 aromatic rings. The zero-order chi connectivity index (χ0) is 17.9. The molecule has 2 amide bonds. The number of anilines is 1. The molecule has 0 saturated heterocycles. The van der Waals surface area contributed by atoms with Crippen molar-refractivity contribution in [1.82, 2.24) is 19.7 Å². The molecule has 0 aliphatic rings. The van der Waals surface area contributed by atoms with Crippen molar-refractivity contribution in [2.75, 3.05) is 5.32 Å². The van der Waals surface area contributed by atoms with Gasteiger partial charge in [0.1, 0.15) is 11.6 Å². The Bertz CT molecular complexity index is 889. The number of hydrogen-bond donors (Lipinski definition) is 2. The van der Waals surface area contributed by atoms with E-state index in [0.717, 1.165) is 0 Å². The SMILES string of the molecule is C=C(C)c1ccccc1S(=O)(=O)NC(=O)Nc1nc(C)nc(C)n1. The third-order valence-electron chi connectivity index (χ3n) is 2.95. The number of carbonyl (C=O) groups is 1. The van der Waals surface area contributed by atoms with Crippen molar-refractivity contribution in [2.24, 2.45) is 0 Å². The summed E-state index contributed by atoms with van der Waals surface area (Å²) in [6.45, 7) is 8.70. The van der Waals surface area contributed by atoms with Gasteiger partial charge in [-0.1, -0.05) is 24.8 Å². The Hall–Kier alpha value is -2.81. The number of aryl methyl sites for hydroxylation is 2. The van der Waals surface area contributed by atoms with Gasteiger partial charge in [-0.15, -0.1) is 0 Å². The van der Waals surface area contributed by atoms with E-state index in [-0.39, 0.29) is 10.8 Å². The molecule has 0 saturated carbocycles. The lowest BCUT2D eigenvalue weighted by molar-refractivity contribution is 0.256. The number of urea groups is 1. The van der Waals surface area contributed by atoms with Gasteiger partial charge in [0.05, 0.1) is 4.90 Å². The van der Waals surface area contributed by atoms with Gasteiger partial charge >= 0.3 is 6.03 Å². The minimum Gasteiger partial charge on any atom is -0.275 e. The molecule has 24 heavy (non-hydrogen) atoms. The highest BCUT2D eigenvalue weighted by molar-refractivity contribution is 7.90. The highest BCUT2D eigenvalue weighted by Crippen LogP contribution is 2.21. The maximum atomic E-state index is 12.4. The second-order valence-electron chi connectivity index (χ2n) is 5.09. The van der Waals surface area contributed by atoms with E-state index in [2.05, 4.69) is 26.8 Å². The Balaban J connectivity index is 2.23. The van der Waals surface area contributed by atoms with Gasteiger partial charge in [0.15, 0.2) is 0 Å². The summed E-state index contributed by atoms with van der Waals surface area (Å²) < 4.78 is 26.8. The first-order valence-electron chi connectivity index (χ1n) is 6.97. The number of carbonyl (C=O) groups excluding carboxylic acids is 1.